The van der Waals surface area contributed by atoms with E-state index in [1.54, 1.807) is 18.7 Å². The summed E-state index contributed by atoms with van der Waals surface area (Å²) in [6, 6.07) is 5.97. The van der Waals surface area contributed by atoms with Crippen molar-refractivity contribution >= 4 is 16.7 Å². The molecule has 0 saturated heterocycles. The number of benzene rings is 1. The average molecular weight is 239 g/mol. The Morgan fingerprint density at radius 3 is 2.78 bits per heavy atom. The minimum atomic E-state index is 0.738. The van der Waals surface area contributed by atoms with Gasteiger partial charge in [0.1, 0.15) is 0 Å². The van der Waals surface area contributed by atoms with Crippen molar-refractivity contribution in [2.45, 2.75) is 6.54 Å². The van der Waals surface area contributed by atoms with Gasteiger partial charge >= 0.3 is 0 Å². The highest BCUT2D eigenvalue weighted by Gasteiger charge is 2.00. The lowest BCUT2D eigenvalue weighted by Crippen LogP contribution is -2.03. The van der Waals surface area contributed by atoms with E-state index in [9.17, 15) is 0 Å². The SMILES string of the molecule is Cn1cncc1CNc1ccc2nccnc2c1. The molecule has 5 nitrogen and oxygen atoms in total. The largest absolute Gasteiger partial charge is 0.379 e. The van der Waals surface area contributed by atoms with Crippen molar-refractivity contribution in [2.75, 3.05) is 5.32 Å². The minimum absolute atomic E-state index is 0.738. The van der Waals surface area contributed by atoms with E-state index in [1.807, 2.05) is 36.0 Å². The van der Waals surface area contributed by atoms with Gasteiger partial charge in [0, 0.05) is 31.3 Å². The Morgan fingerprint density at radius 1 is 1.17 bits per heavy atom. The number of hydrogen-bond donors (Lipinski definition) is 1. The Morgan fingerprint density at radius 2 is 2.00 bits per heavy atom. The van der Waals surface area contributed by atoms with Crippen LogP contribution < -0.4 is 5.32 Å². The van der Waals surface area contributed by atoms with E-state index in [-0.39, 0.29) is 0 Å². The molecule has 0 aliphatic rings. The van der Waals surface area contributed by atoms with Crippen LogP contribution in [0.1, 0.15) is 5.69 Å². The zero-order valence-corrected chi connectivity index (χ0v) is 10.0. The third-order valence-electron chi connectivity index (χ3n) is 2.86. The summed E-state index contributed by atoms with van der Waals surface area (Å²) < 4.78 is 1.99. The van der Waals surface area contributed by atoms with E-state index in [4.69, 9.17) is 0 Å². The van der Waals surface area contributed by atoms with Crippen LogP contribution in [0.25, 0.3) is 11.0 Å². The highest BCUT2D eigenvalue weighted by molar-refractivity contribution is 5.78. The first kappa shape index (κ1) is 10.7. The molecule has 0 atom stereocenters. The van der Waals surface area contributed by atoms with Crippen LogP contribution in [0, 0.1) is 0 Å². The number of nitrogens with one attached hydrogen (secondary N) is 1. The first-order valence-corrected chi connectivity index (χ1v) is 5.73. The molecule has 0 fully saturated rings. The zero-order chi connectivity index (χ0) is 12.4. The molecule has 3 aromatic rings. The summed E-state index contributed by atoms with van der Waals surface area (Å²) in [5, 5.41) is 3.35. The lowest BCUT2D eigenvalue weighted by atomic mass is 10.2. The van der Waals surface area contributed by atoms with Crippen LogP contribution in [0.2, 0.25) is 0 Å². The zero-order valence-electron chi connectivity index (χ0n) is 10.0. The third-order valence-corrected chi connectivity index (χ3v) is 2.86. The molecule has 0 spiro atoms. The van der Waals surface area contributed by atoms with Crippen molar-refractivity contribution in [3.63, 3.8) is 0 Å². The van der Waals surface area contributed by atoms with E-state index in [0.29, 0.717) is 0 Å². The van der Waals surface area contributed by atoms with Crippen LogP contribution in [-0.2, 0) is 13.6 Å². The predicted octanol–water partition coefficient (Wildman–Crippen LogP) is 1.98. The molecule has 3 rings (SSSR count). The number of fused-ring (bicyclic) bond motifs is 1. The Kier molecular flexibility index (Phi) is 2.64. The number of hydrogen-bond acceptors (Lipinski definition) is 4. The fourth-order valence-electron chi connectivity index (χ4n) is 1.82. The van der Waals surface area contributed by atoms with Gasteiger partial charge in [-0.3, -0.25) is 9.97 Å². The van der Waals surface area contributed by atoms with Gasteiger partial charge in [0.15, 0.2) is 0 Å². The molecule has 18 heavy (non-hydrogen) atoms. The molecule has 2 aromatic heterocycles. The van der Waals surface area contributed by atoms with Crippen molar-refractivity contribution in [2.24, 2.45) is 7.05 Å². The molecule has 0 aliphatic heterocycles. The molecule has 0 unspecified atom stereocenters. The van der Waals surface area contributed by atoms with Gasteiger partial charge in [-0.05, 0) is 18.2 Å². The second-order valence-corrected chi connectivity index (χ2v) is 4.11. The maximum atomic E-state index is 4.28. The molecule has 0 saturated carbocycles. The summed E-state index contributed by atoms with van der Waals surface area (Å²) in [5.41, 5.74) is 3.97. The van der Waals surface area contributed by atoms with Crippen molar-refractivity contribution in [3.8, 4) is 0 Å². The molecule has 1 N–H and O–H groups in total. The highest BCUT2D eigenvalue weighted by Crippen LogP contribution is 2.15. The molecule has 0 bridgehead atoms. The van der Waals surface area contributed by atoms with Crippen molar-refractivity contribution < 1.29 is 0 Å². The van der Waals surface area contributed by atoms with Crippen LogP contribution >= 0.6 is 0 Å². The number of imidazole rings is 1. The highest BCUT2D eigenvalue weighted by atomic mass is 15.0. The minimum Gasteiger partial charge on any atom is -0.379 e. The molecular weight excluding hydrogens is 226 g/mol. The summed E-state index contributed by atoms with van der Waals surface area (Å²) in [4.78, 5) is 12.6. The number of nitrogens with zero attached hydrogens (tertiary/aromatic N) is 4. The smallest absolute Gasteiger partial charge is 0.0946 e. The van der Waals surface area contributed by atoms with E-state index >= 15 is 0 Å². The first-order chi connectivity index (χ1) is 8.83. The summed E-state index contributed by atoms with van der Waals surface area (Å²) in [6.07, 6.45) is 7.05. The molecule has 5 heteroatoms. The molecule has 90 valence electrons. The number of aromatic nitrogens is 4. The van der Waals surface area contributed by atoms with E-state index in [2.05, 4.69) is 20.3 Å². The predicted molar refractivity (Wildman–Crippen MR) is 70.1 cm³/mol. The summed E-state index contributed by atoms with van der Waals surface area (Å²) in [5.74, 6) is 0. The van der Waals surface area contributed by atoms with E-state index < -0.39 is 0 Å². The first-order valence-electron chi connectivity index (χ1n) is 5.73. The molecule has 1 aromatic carbocycles. The lowest BCUT2D eigenvalue weighted by Gasteiger charge is -2.07. The standard InChI is InChI=1S/C13H13N5/c1-18-9-14-7-11(18)8-17-10-2-3-12-13(6-10)16-5-4-15-12/h2-7,9,17H,8H2,1H3. The van der Waals surface area contributed by atoms with Gasteiger partial charge < -0.3 is 9.88 Å². The molecule has 2 heterocycles. The third kappa shape index (κ3) is 2.02. The lowest BCUT2D eigenvalue weighted by molar-refractivity contribution is 0.837. The number of aryl methyl sites for hydroxylation is 1. The molecule has 0 radical (unpaired) electrons. The Balaban J connectivity index is 1.81. The molecule has 0 aliphatic carbocycles. The van der Waals surface area contributed by atoms with Crippen LogP contribution in [0.15, 0.2) is 43.1 Å². The van der Waals surface area contributed by atoms with Crippen molar-refractivity contribution in [1.29, 1.82) is 0 Å². The summed E-state index contributed by atoms with van der Waals surface area (Å²) in [7, 11) is 1.98. The number of anilines is 1. The number of rotatable bonds is 3. The summed E-state index contributed by atoms with van der Waals surface area (Å²) >= 11 is 0. The van der Waals surface area contributed by atoms with Crippen LogP contribution in [0.4, 0.5) is 5.69 Å². The van der Waals surface area contributed by atoms with Crippen molar-refractivity contribution in [3.05, 3.63) is 48.8 Å². The monoisotopic (exact) mass is 239 g/mol. The van der Waals surface area contributed by atoms with Crippen LogP contribution in [0.5, 0.6) is 0 Å². The van der Waals surface area contributed by atoms with E-state index in [1.165, 1.54) is 0 Å². The van der Waals surface area contributed by atoms with Gasteiger partial charge in [-0.1, -0.05) is 0 Å². The van der Waals surface area contributed by atoms with Gasteiger partial charge in [0.2, 0.25) is 0 Å². The fourth-order valence-corrected chi connectivity index (χ4v) is 1.82. The summed E-state index contributed by atoms with van der Waals surface area (Å²) in [6.45, 7) is 0.738. The van der Waals surface area contributed by atoms with Gasteiger partial charge in [-0.2, -0.15) is 0 Å². The van der Waals surface area contributed by atoms with Crippen LogP contribution in [0.3, 0.4) is 0 Å². The van der Waals surface area contributed by atoms with Gasteiger partial charge in [-0.25, -0.2) is 4.98 Å². The second kappa shape index (κ2) is 4.44. The van der Waals surface area contributed by atoms with Crippen molar-refractivity contribution in [1.82, 2.24) is 19.5 Å². The van der Waals surface area contributed by atoms with E-state index in [0.717, 1.165) is 29.0 Å². The quantitative estimate of drug-likeness (QED) is 0.759. The molecule has 0 amide bonds. The Bertz CT molecular complexity index is 674. The maximum absolute atomic E-state index is 4.28. The average Bonchev–Trinajstić information content (AvgIpc) is 2.82. The Labute approximate surface area is 105 Å². The van der Waals surface area contributed by atoms with Gasteiger partial charge in [0.25, 0.3) is 0 Å². The van der Waals surface area contributed by atoms with Gasteiger partial charge in [-0.15, -0.1) is 0 Å². The normalized spacial score (nSPS) is 10.7. The molecular formula is C13H13N5. The fraction of sp³-hybridized carbons (Fsp3) is 0.154. The topological polar surface area (TPSA) is 55.6 Å². The van der Waals surface area contributed by atoms with Crippen LogP contribution in [-0.4, -0.2) is 19.5 Å². The van der Waals surface area contributed by atoms with Gasteiger partial charge in [0.05, 0.1) is 29.6 Å². The second-order valence-electron chi connectivity index (χ2n) is 4.11. The Hall–Kier alpha value is -2.43. The maximum Gasteiger partial charge on any atom is 0.0946 e.